The van der Waals surface area contributed by atoms with Gasteiger partial charge in [-0.25, -0.2) is 13.4 Å². The molecule has 1 N–H and O–H groups in total. The summed E-state index contributed by atoms with van der Waals surface area (Å²) in [6, 6.07) is -0.0554. The van der Waals surface area contributed by atoms with E-state index in [1.165, 1.54) is 21.4 Å². The lowest BCUT2D eigenvalue weighted by atomic mass is 10.2. The van der Waals surface area contributed by atoms with Gasteiger partial charge in [0.15, 0.2) is 0 Å². The minimum atomic E-state index is -3.52. The second-order valence-corrected chi connectivity index (χ2v) is 7.27. The highest BCUT2D eigenvalue weighted by atomic mass is 32.2. The molecule has 0 saturated carbocycles. The molecule has 0 aliphatic carbocycles. The first kappa shape index (κ1) is 15.2. The molecule has 2 aromatic rings. The summed E-state index contributed by atoms with van der Waals surface area (Å²) >= 11 is 0. The number of piperazine rings is 1. The number of aryl methyl sites for hydroxylation is 1. The van der Waals surface area contributed by atoms with Crippen molar-refractivity contribution in [2.24, 2.45) is 7.05 Å². The van der Waals surface area contributed by atoms with Gasteiger partial charge < -0.3 is 4.98 Å². The summed E-state index contributed by atoms with van der Waals surface area (Å²) < 4.78 is 28.5. The van der Waals surface area contributed by atoms with Crippen molar-refractivity contribution < 1.29 is 8.42 Å². The molecule has 2 aromatic heterocycles. The predicted molar refractivity (Wildman–Crippen MR) is 80.5 cm³/mol. The molecule has 0 radical (unpaired) electrons. The number of aromatic amines is 1. The standard InChI is InChI=1S/C13H20N6O2S/c1-3-18-6-7-19(10-12(18)13-14-4-5-15-13)22(20,21)11-8-16-17(2)9-11/h4-5,8-9,12H,3,6-7,10H2,1-2H3,(H,14,15)/t12-/m1/s1. The van der Waals surface area contributed by atoms with Gasteiger partial charge in [-0.1, -0.05) is 6.92 Å². The fourth-order valence-electron chi connectivity index (χ4n) is 2.79. The van der Waals surface area contributed by atoms with E-state index in [1.54, 1.807) is 19.4 Å². The van der Waals surface area contributed by atoms with E-state index < -0.39 is 10.0 Å². The zero-order valence-corrected chi connectivity index (χ0v) is 13.5. The molecule has 1 atom stereocenters. The van der Waals surface area contributed by atoms with Gasteiger partial charge >= 0.3 is 0 Å². The van der Waals surface area contributed by atoms with Crippen LogP contribution < -0.4 is 0 Å². The van der Waals surface area contributed by atoms with Crippen molar-refractivity contribution in [3.63, 3.8) is 0 Å². The molecule has 8 nitrogen and oxygen atoms in total. The predicted octanol–water partition coefficient (Wildman–Crippen LogP) is 0.211. The smallest absolute Gasteiger partial charge is 0.246 e. The maximum absolute atomic E-state index is 12.7. The average Bonchev–Trinajstić information content (AvgIpc) is 3.18. The number of hydrogen-bond acceptors (Lipinski definition) is 5. The monoisotopic (exact) mass is 324 g/mol. The van der Waals surface area contributed by atoms with Crippen LogP contribution in [-0.4, -0.2) is 63.6 Å². The normalized spacial score (nSPS) is 21.3. The quantitative estimate of drug-likeness (QED) is 0.869. The molecule has 9 heteroatoms. The van der Waals surface area contributed by atoms with Gasteiger partial charge in [0.1, 0.15) is 10.7 Å². The topological polar surface area (TPSA) is 87.1 Å². The summed E-state index contributed by atoms with van der Waals surface area (Å²) in [6.07, 6.45) is 6.38. The van der Waals surface area contributed by atoms with E-state index in [0.29, 0.717) is 19.6 Å². The second-order valence-electron chi connectivity index (χ2n) is 5.33. The Hall–Kier alpha value is -1.71. The SMILES string of the molecule is CCN1CCN(S(=O)(=O)c2cnn(C)c2)C[C@@H]1c1ncc[nH]1. The van der Waals surface area contributed by atoms with Crippen LogP contribution in [0.5, 0.6) is 0 Å². The Morgan fingerprint density at radius 1 is 1.41 bits per heavy atom. The molecule has 0 bridgehead atoms. The molecule has 3 heterocycles. The van der Waals surface area contributed by atoms with E-state index in [0.717, 1.165) is 12.4 Å². The van der Waals surface area contributed by atoms with E-state index in [9.17, 15) is 8.42 Å². The van der Waals surface area contributed by atoms with Crippen molar-refractivity contribution in [1.29, 1.82) is 0 Å². The van der Waals surface area contributed by atoms with Crippen LogP contribution in [0.2, 0.25) is 0 Å². The Kier molecular flexibility index (Phi) is 4.02. The molecule has 0 spiro atoms. The molecular weight excluding hydrogens is 304 g/mol. The van der Waals surface area contributed by atoms with Crippen molar-refractivity contribution >= 4 is 10.0 Å². The summed E-state index contributed by atoms with van der Waals surface area (Å²) in [7, 11) is -1.81. The van der Waals surface area contributed by atoms with Crippen LogP contribution in [0.3, 0.4) is 0 Å². The van der Waals surface area contributed by atoms with E-state index in [2.05, 4.69) is 26.9 Å². The number of hydrogen-bond donors (Lipinski definition) is 1. The number of nitrogens with zero attached hydrogens (tertiary/aromatic N) is 5. The average molecular weight is 324 g/mol. The van der Waals surface area contributed by atoms with Crippen LogP contribution in [0.15, 0.2) is 29.7 Å². The molecule has 1 aliphatic heterocycles. The lowest BCUT2D eigenvalue weighted by Gasteiger charge is -2.39. The van der Waals surface area contributed by atoms with E-state index in [-0.39, 0.29) is 10.9 Å². The number of aromatic nitrogens is 4. The fourth-order valence-corrected chi connectivity index (χ4v) is 4.22. The van der Waals surface area contributed by atoms with Gasteiger partial charge in [0.05, 0.1) is 12.2 Å². The van der Waals surface area contributed by atoms with Crippen LogP contribution in [0.25, 0.3) is 0 Å². The fraction of sp³-hybridized carbons (Fsp3) is 0.538. The minimum absolute atomic E-state index is 0.0554. The summed E-state index contributed by atoms with van der Waals surface area (Å²) in [5, 5.41) is 3.96. The first-order valence-corrected chi connectivity index (χ1v) is 8.68. The zero-order chi connectivity index (χ0) is 15.7. The van der Waals surface area contributed by atoms with Gasteiger partial charge in [-0.2, -0.15) is 9.40 Å². The highest BCUT2D eigenvalue weighted by Gasteiger charge is 2.35. The maximum atomic E-state index is 12.7. The van der Waals surface area contributed by atoms with Crippen molar-refractivity contribution in [3.05, 3.63) is 30.6 Å². The van der Waals surface area contributed by atoms with Crippen LogP contribution in [0.1, 0.15) is 18.8 Å². The number of H-pyrrole nitrogens is 1. The van der Waals surface area contributed by atoms with Crippen LogP contribution >= 0.6 is 0 Å². The maximum Gasteiger partial charge on any atom is 0.246 e. The van der Waals surface area contributed by atoms with Crippen molar-refractivity contribution in [2.45, 2.75) is 17.9 Å². The van der Waals surface area contributed by atoms with E-state index in [1.807, 2.05) is 0 Å². The third-order valence-corrected chi connectivity index (χ3v) is 5.83. The zero-order valence-electron chi connectivity index (χ0n) is 12.7. The molecule has 0 unspecified atom stereocenters. The number of nitrogens with one attached hydrogen (secondary N) is 1. The van der Waals surface area contributed by atoms with Crippen molar-refractivity contribution in [3.8, 4) is 0 Å². The van der Waals surface area contributed by atoms with E-state index in [4.69, 9.17) is 0 Å². The third-order valence-electron chi connectivity index (χ3n) is 4.01. The van der Waals surface area contributed by atoms with Gasteiger partial charge in [-0.15, -0.1) is 0 Å². The molecule has 22 heavy (non-hydrogen) atoms. The minimum Gasteiger partial charge on any atom is -0.347 e. The summed E-state index contributed by atoms with van der Waals surface area (Å²) in [6.45, 7) is 4.47. The Labute approximate surface area is 129 Å². The molecule has 120 valence electrons. The lowest BCUT2D eigenvalue weighted by molar-refractivity contribution is 0.119. The third kappa shape index (κ3) is 2.67. The highest BCUT2D eigenvalue weighted by molar-refractivity contribution is 7.89. The second kappa shape index (κ2) is 5.82. The van der Waals surface area contributed by atoms with Crippen LogP contribution in [-0.2, 0) is 17.1 Å². The summed E-state index contributed by atoms with van der Waals surface area (Å²) in [4.78, 5) is 9.86. The lowest BCUT2D eigenvalue weighted by Crippen LogP contribution is -2.50. The van der Waals surface area contributed by atoms with Gasteiger partial charge in [0, 0.05) is 45.3 Å². The largest absolute Gasteiger partial charge is 0.347 e. The first-order valence-electron chi connectivity index (χ1n) is 7.24. The molecule has 1 saturated heterocycles. The number of rotatable bonds is 4. The Morgan fingerprint density at radius 3 is 2.82 bits per heavy atom. The Balaban J connectivity index is 1.87. The highest BCUT2D eigenvalue weighted by Crippen LogP contribution is 2.26. The molecule has 1 aliphatic rings. The molecular formula is C13H20N6O2S. The first-order chi connectivity index (χ1) is 10.5. The van der Waals surface area contributed by atoms with Crippen molar-refractivity contribution in [2.75, 3.05) is 26.2 Å². The molecule has 0 amide bonds. The summed E-state index contributed by atoms with van der Waals surface area (Å²) in [5.41, 5.74) is 0. The molecule has 1 fully saturated rings. The summed E-state index contributed by atoms with van der Waals surface area (Å²) in [5.74, 6) is 0.799. The van der Waals surface area contributed by atoms with E-state index >= 15 is 0 Å². The van der Waals surface area contributed by atoms with Gasteiger partial charge in [-0.05, 0) is 6.54 Å². The van der Waals surface area contributed by atoms with Crippen LogP contribution in [0, 0.1) is 0 Å². The Bertz CT molecular complexity index is 724. The van der Waals surface area contributed by atoms with Gasteiger partial charge in [0.25, 0.3) is 0 Å². The Morgan fingerprint density at radius 2 is 2.23 bits per heavy atom. The van der Waals surface area contributed by atoms with Gasteiger partial charge in [-0.3, -0.25) is 9.58 Å². The molecule has 0 aromatic carbocycles. The number of likely N-dealkylation sites (N-methyl/N-ethyl adjacent to an activating group) is 1. The van der Waals surface area contributed by atoms with Crippen molar-refractivity contribution in [1.82, 2.24) is 29.0 Å². The van der Waals surface area contributed by atoms with Crippen LogP contribution in [0.4, 0.5) is 0 Å². The number of imidazole rings is 1. The molecule has 3 rings (SSSR count). The van der Waals surface area contributed by atoms with Gasteiger partial charge in [0.2, 0.25) is 10.0 Å². The number of sulfonamides is 1.